The molecule has 0 saturated heterocycles. The Morgan fingerprint density at radius 3 is 1.41 bits per heavy atom. The molecule has 0 fully saturated rings. The van der Waals surface area contributed by atoms with E-state index < -0.39 is 12.1 Å². The van der Waals surface area contributed by atoms with Gasteiger partial charge in [-0.25, -0.2) is 0 Å². The van der Waals surface area contributed by atoms with E-state index >= 15 is 0 Å². The second-order valence-electron chi connectivity index (χ2n) is 11.6. The molecule has 0 aliphatic rings. The molecule has 0 aromatic rings. The molecule has 0 aromatic carbocycles. The summed E-state index contributed by atoms with van der Waals surface area (Å²) < 4.78 is 0. The molecule has 3 N–H and O–H groups in total. The van der Waals surface area contributed by atoms with Gasteiger partial charge < -0.3 is 15.5 Å². The van der Waals surface area contributed by atoms with E-state index in [1.165, 1.54) is 128 Å². The van der Waals surface area contributed by atoms with Gasteiger partial charge in [0.2, 0.25) is 5.91 Å². The predicted molar refractivity (Wildman–Crippen MR) is 170 cm³/mol. The van der Waals surface area contributed by atoms with Crippen molar-refractivity contribution in [2.45, 2.75) is 187 Å². The summed E-state index contributed by atoms with van der Waals surface area (Å²) >= 11 is 0. The van der Waals surface area contributed by atoms with Crippen molar-refractivity contribution in [1.29, 1.82) is 0 Å². The Kier molecular flexibility index (Phi) is 30.5. The number of unbranched alkanes of at least 4 members (excludes halogenated alkanes) is 21. The van der Waals surface area contributed by atoms with Gasteiger partial charge in [0.15, 0.2) is 0 Å². The molecule has 0 spiro atoms. The van der Waals surface area contributed by atoms with Crippen molar-refractivity contribution in [3.05, 3.63) is 24.3 Å². The minimum atomic E-state index is -0.835. The van der Waals surface area contributed by atoms with Crippen molar-refractivity contribution < 1.29 is 15.0 Å². The summed E-state index contributed by atoms with van der Waals surface area (Å²) in [5.74, 6) is -0.0719. The van der Waals surface area contributed by atoms with E-state index in [-0.39, 0.29) is 12.5 Å². The van der Waals surface area contributed by atoms with Crippen LogP contribution in [0.25, 0.3) is 0 Å². The molecule has 0 bridgehead atoms. The van der Waals surface area contributed by atoms with E-state index in [1.807, 2.05) is 6.08 Å². The lowest BCUT2D eigenvalue weighted by Gasteiger charge is -2.20. The highest BCUT2D eigenvalue weighted by molar-refractivity contribution is 5.76. The number of amides is 1. The first kappa shape index (κ1) is 37.9. The number of nitrogens with one attached hydrogen (secondary N) is 1. The van der Waals surface area contributed by atoms with Crippen LogP contribution in [0.2, 0.25) is 0 Å². The van der Waals surface area contributed by atoms with Gasteiger partial charge in [0.25, 0.3) is 0 Å². The monoisotopic (exact) mass is 550 g/mol. The molecule has 4 heteroatoms. The second-order valence-corrected chi connectivity index (χ2v) is 11.6. The Morgan fingerprint density at radius 1 is 0.590 bits per heavy atom. The zero-order valence-corrected chi connectivity index (χ0v) is 26.2. The number of carbonyl (C=O) groups excluding carboxylic acids is 1. The molecule has 0 heterocycles. The number of rotatable bonds is 30. The van der Waals surface area contributed by atoms with Gasteiger partial charge in [-0.3, -0.25) is 4.79 Å². The molecule has 0 radical (unpaired) electrons. The number of aliphatic hydroxyl groups is 2. The number of allylic oxidation sites excluding steroid dienone is 3. The van der Waals surface area contributed by atoms with Gasteiger partial charge >= 0.3 is 0 Å². The number of hydrogen-bond acceptors (Lipinski definition) is 3. The Labute approximate surface area is 243 Å². The fourth-order valence-corrected chi connectivity index (χ4v) is 4.99. The second kappa shape index (κ2) is 31.4. The lowest BCUT2D eigenvalue weighted by atomic mass is 10.1. The number of carbonyl (C=O) groups is 1. The highest BCUT2D eigenvalue weighted by Crippen LogP contribution is 2.12. The van der Waals surface area contributed by atoms with Gasteiger partial charge in [0.1, 0.15) is 0 Å². The standard InChI is InChI=1S/C35H67NO3/c1-3-5-7-9-11-13-15-16-17-18-19-20-21-23-25-27-29-31-35(39)36-33(32-37)34(38)30-28-26-24-22-14-12-10-8-6-4-2/h16-17,28,30,33-34,37-38H,3-15,18-27,29,31-32H2,1-2H3,(H,36,39)/b17-16+,30-28+/t33-,34+/m0/s1. The third kappa shape index (κ3) is 28.2. The van der Waals surface area contributed by atoms with Crippen LogP contribution >= 0.6 is 0 Å². The van der Waals surface area contributed by atoms with Crippen LogP contribution in [0, 0.1) is 0 Å². The molecule has 0 saturated carbocycles. The topological polar surface area (TPSA) is 69.6 Å². The summed E-state index contributed by atoms with van der Waals surface area (Å²) in [6.07, 6.45) is 38.2. The van der Waals surface area contributed by atoms with E-state index in [4.69, 9.17) is 0 Å². The highest BCUT2D eigenvalue weighted by atomic mass is 16.3. The fourth-order valence-electron chi connectivity index (χ4n) is 4.99. The summed E-state index contributed by atoms with van der Waals surface area (Å²) in [7, 11) is 0. The third-order valence-corrected chi connectivity index (χ3v) is 7.68. The summed E-state index contributed by atoms with van der Waals surface area (Å²) in [6, 6.07) is -0.618. The van der Waals surface area contributed by atoms with Crippen molar-refractivity contribution in [1.82, 2.24) is 5.32 Å². The lowest BCUT2D eigenvalue weighted by Crippen LogP contribution is -2.45. The average Bonchev–Trinajstić information content (AvgIpc) is 2.94. The van der Waals surface area contributed by atoms with Crippen LogP contribution in [-0.2, 0) is 4.79 Å². The average molecular weight is 550 g/mol. The first-order valence-electron chi connectivity index (χ1n) is 17.1. The maximum Gasteiger partial charge on any atom is 0.220 e. The lowest BCUT2D eigenvalue weighted by molar-refractivity contribution is -0.123. The molecular formula is C35H67NO3. The minimum absolute atomic E-state index is 0.0719. The predicted octanol–water partition coefficient (Wildman–Crippen LogP) is 9.73. The first-order valence-corrected chi connectivity index (χ1v) is 17.1. The molecule has 39 heavy (non-hydrogen) atoms. The molecule has 0 rings (SSSR count). The SMILES string of the molecule is CCCCCCCC/C=C/CCCCCCCCCC(=O)N[C@@H](CO)[C@H](O)/C=C/CCCCCCCCCC. The molecule has 0 aromatic heterocycles. The molecule has 2 atom stereocenters. The van der Waals surface area contributed by atoms with Crippen molar-refractivity contribution in [2.24, 2.45) is 0 Å². The summed E-state index contributed by atoms with van der Waals surface area (Å²) in [5, 5.41) is 22.8. The summed E-state index contributed by atoms with van der Waals surface area (Å²) in [4.78, 5) is 12.3. The van der Waals surface area contributed by atoms with Gasteiger partial charge in [0, 0.05) is 6.42 Å². The van der Waals surface area contributed by atoms with Gasteiger partial charge in [-0.1, -0.05) is 147 Å². The van der Waals surface area contributed by atoms with E-state index in [1.54, 1.807) is 6.08 Å². The van der Waals surface area contributed by atoms with Crippen LogP contribution in [-0.4, -0.2) is 34.9 Å². The Bertz CT molecular complexity index is 560. The molecule has 0 unspecified atom stereocenters. The van der Waals surface area contributed by atoms with E-state index in [0.717, 1.165) is 25.7 Å². The van der Waals surface area contributed by atoms with E-state index in [9.17, 15) is 15.0 Å². The van der Waals surface area contributed by atoms with Crippen molar-refractivity contribution in [3.8, 4) is 0 Å². The largest absolute Gasteiger partial charge is 0.394 e. The van der Waals surface area contributed by atoms with Crippen LogP contribution < -0.4 is 5.32 Å². The maximum atomic E-state index is 12.3. The highest BCUT2D eigenvalue weighted by Gasteiger charge is 2.17. The van der Waals surface area contributed by atoms with Crippen LogP contribution in [0.1, 0.15) is 174 Å². The molecule has 0 aliphatic heterocycles. The molecule has 0 aliphatic carbocycles. The van der Waals surface area contributed by atoms with Crippen molar-refractivity contribution in [2.75, 3.05) is 6.61 Å². The third-order valence-electron chi connectivity index (χ3n) is 7.68. The fraction of sp³-hybridized carbons (Fsp3) is 0.857. The Morgan fingerprint density at radius 2 is 0.974 bits per heavy atom. The van der Waals surface area contributed by atoms with Gasteiger partial charge in [0.05, 0.1) is 18.8 Å². The Balaban J connectivity index is 3.62. The normalized spacial score (nSPS) is 13.4. The number of hydrogen-bond donors (Lipinski definition) is 3. The zero-order valence-electron chi connectivity index (χ0n) is 26.2. The van der Waals surface area contributed by atoms with Crippen LogP contribution in [0.3, 0.4) is 0 Å². The molecule has 230 valence electrons. The van der Waals surface area contributed by atoms with Crippen molar-refractivity contribution in [3.63, 3.8) is 0 Å². The van der Waals surface area contributed by atoms with Crippen LogP contribution in [0.5, 0.6) is 0 Å². The Hall–Kier alpha value is -1.13. The molecular weight excluding hydrogens is 482 g/mol. The zero-order chi connectivity index (χ0) is 28.7. The summed E-state index contributed by atoms with van der Waals surface area (Å²) in [6.45, 7) is 4.27. The van der Waals surface area contributed by atoms with Crippen LogP contribution in [0.4, 0.5) is 0 Å². The van der Waals surface area contributed by atoms with E-state index in [0.29, 0.717) is 6.42 Å². The van der Waals surface area contributed by atoms with Gasteiger partial charge in [-0.15, -0.1) is 0 Å². The summed E-state index contributed by atoms with van der Waals surface area (Å²) in [5.41, 5.74) is 0. The van der Waals surface area contributed by atoms with Crippen molar-refractivity contribution >= 4 is 5.91 Å². The smallest absolute Gasteiger partial charge is 0.220 e. The maximum absolute atomic E-state index is 12.3. The quantitative estimate of drug-likeness (QED) is 0.0617. The van der Waals surface area contributed by atoms with Crippen LogP contribution in [0.15, 0.2) is 24.3 Å². The molecule has 1 amide bonds. The molecule has 4 nitrogen and oxygen atoms in total. The first-order chi connectivity index (χ1) is 19.2. The van der Waals surface area contributed by atoms with Gasteiger partial charge in [-0.2, -0.15) is 0 Å². The number of aliphatic hydroxyl groups excluding tert-OH is 2. The minimum Gasteiger partial charge on any atom is -0.394 e. The van der Waals surface area contributed by atoms with Gasteiger partial charge in [-0.05, 0) is 44.9 Å². The van der Waals surface area contributed by atoms with E-state index in [2.05, 4.69) is 31.3 Å².